The third-order valence-electron chi connectivity index (χ3n) is 3.30. The molecule has 0 bridgehead atoms. The molecule has 2 atom stereocenters. The maximum Gasteiger partial charge on any atom is 0.185 e. The molecule has 0 spiro atoms. The number of hydrogen-bond acceptors (Lipinski definition) is 2. The second-order valence-corrected chi connectivity index (χ2v) is 4.92. The fraction of sp³-hybridized carbons (Fsp3) is 0.538. The lowest BCUT2D eigenvalue weighted by Crippen LogP contribution is -2.29. The zero-order valence-electron chi connectivity index (χ0n) is 10.6. The highest BCUT2D eigenvalue weighted by Crippen LogP contribution is 2.25. The number of halogens is 4. The Morgan fingerprint density at radius 3 is 2.42 bits per heavy atom. The largest absolute Gasteiger partial charge is 0.378 e. The Labute approximate surface area is 109 Å². The lowest BCUT2D eigenvalue weighted by Gasteiger charge is -2.20. The molecule has 1 fully saturated rings. The fourth-order valence-electron chi connectivity index (χ4n) is 2.39. The summed E-state index contributed by atoms with van der Waals surface area (Å²) >= 11 is 0. The minimum Gasteiger partial charge on any atom is -0.378 e. The zero-order chi connectivity index (χ0) is 14.0. The number of rotatable bonds is 4. The van der Waals surface area contributed by atoms with Crippen molar-refractivity contribution in [1.82, 2.24) is 5.32 Å². The monoisotopic (exact) mass is 276 g/mol. The van der Waals surface area contributed by atoms with Crippen LogP contribution in [0.2, 0.25) is 0 Å². The molecule has 2 unspecified atom stereocenters. The molecule has 2 N–H and O–H groups in total. The van der Waals surface area contributed by atoms with Crippen LogP contribution in [0.25, 0.3) is 0 Å². The van der Waals surface area contributed by atoms with E-state index in [1.807, 2.05) is 0 Å². The molecule has 0 saturated carbocycles. The molecule has 0 aromatic heterocycles. The second kappa shape index (κ2) is 5.77. The van der Waals surface area contributed by atoms with Gasteiger partial charge in [0.05, 0.1) is 0 Å². The molecule has 6 heteroatoms. The predicted molar refractivity (Wildman–Crippen MR) is 65.0 cm³/mol. The molecular formula is C13H16F4N2. The summed E-state index contributed by atoms with van der Waals surface area (Å²) in [7, 11) is 0. The smallest absolute Gasteiger partial charge is 0.185 e. The van der Waals surface area contributed by atoms with Gasteiger partial charge in [-0.25, -0.2) is 17.6 Å². The molecule has 1 aromatic carbocycles. The Kier molecular flexibility index (Phi) is 4.29. The summed E-state index contributed by atoms with van der Waals surface area (Å²) in [6, 6.07) is 0.187. The maximum absolute atomic E-state index is 13.5. The van der Waals surface area contributed by atoms with E-state index in [1.54, 1.807) is 6.92 Å². The van der Waals surface area contributed by atoms with Crippen molar-refractivity contribution in [2.24, 2.45) is 0 Å². The number of nitrogens with one attached hydrogen (secondary N) is 2. The topological polar surface area (TPSA) is 24.1 Å². The van der Waals surface area contributed by atoms with E-state index >= 15 is 0 Å². The van der Waals surface area contributed by atoms with Crippen LogP contribution in [0.4, 0.5) is 23.2 Å². The first-order valence-corrected chi connectivity index (χ1v) is 6.32. The van der Waals surface area contributed by atoms with E-state index in [9.17, 15) is 17.6 Å². The van der Waals surface area contributed by atoms with Gasteiger partial charge in [-0.3, -0.25) is 0 Å². The summed E-state index contributed by atoms with van der Waals surface area (Å²) < 4.78 is 53.0. The molecule has 1 heterocycles. The lowest BCUT2D eigenvalue weighted by atomic mass is 10.1. The molecule has 1 saturated heterocycles. The van der Waals surface area contributed by atoms with Crippen LogP contribution in [0.5, 0.6) is 0 Å². The van der Waals surface area contributed by atoms with Gasteiger partial charge >= 0.3 is 0 Å². The molecule has 1 aliphatic heterocycles. The van der Waals surface area contributed by atoms with Gasteiger partial charge in [0.2, 0.25) is 0 Å². The normalized spacial score (nSPS) is 20.6. The molecular weight excluding hydrogens is 260 g/mol. The Morgan fingerprint density at radius 1 is 1.26 bits per heavy atom. The minimum absolute atomic E-state index is 0.207. The number of anilines is 1. The van der Waals surface area contributed by atoms with E-state index in [0.29, 0.717) is 6.42 Å². The summed E-state index contributed by atoms with van der Waals surface area (Å²) in [6.45, 7) is 2.65. The van der Waals surface area contributed by atoms with E-state index in [-0.39, 0.29) is 18.2 Å². The summed E-state index contributed by atoms with van der Waals surface area (Å²) in [5, 5.41) is 5.77. The Morgan fingerprint density at radius 2 is 1.89 bits per heavy atom. The summed E-state index contributed by atoms with van der Waals surface area (Å²) in [4.78, 5) is 0. The van der Waals surface area contributed by atoms with Crippen LogP contribution >= 0.6 is 0 Å². The van der Waals surface area contributed by atoms with Crippen molar-refractivity contribution in [3.8, 4) is 0 Å². The third kappa shape index (κ3) is 3.18. The van der Waals surface area contributed by atoms with E-state index in [0.717, 1.165) is 19.4 Å². The Balaban J connectivity index is 2.09. The van der Waals surface area contributed by atoms with Crippen LogP contribution in [0, 0.1) is 23.3 Å². The molecule has 0 amide bonds. The molecule has 1 aromatic rings. The van der Waals surface area contributed by atoms with Gasteiger partial charge in [0, 0.05) is 18.2 Å². The summed E-state index contributed by atoms with van der Waals surface area (Å²) in [6.07, 6.45) is 2.69. The van der Waals surface area contributed by atoms with Crippen molar-refractivity contribution in [1.29, 1.82) is 0 Å². The second-order valence-electron chi connectivity index (χ2n) is 4.92. The summed E-state index contributed by atoms with van der Waals surface area (Å²) in [5.41, 5.74) is -0.733. The highest BCUT2D eigenvalue weighted by molar-refractivity contribution is 5.48. The Hall–Kier alpha value is -1.30. The van der Waals surface area contributed by atoms with Crippen molar-refractivity contribution in [3.63, 3.8) is 0 Å². The highest BCUT2D eigenvalue weighted by atomic mass is 19.2. The van der Waals surface area contributed by atoms with Crippen molar-refractivity contribution in [2.45, 2.75) is 38.3 Å². The molecule has 0 radical (unpaired) electrons. The average molecular weight is 276 g/mol. The van der Waals surface area contributed by atoms with Gasteiger partial charge in [0.15, 0.2) is 23.3 Å². The first-order valence-electron chi connectivity index (χ1n) is 6.32. The van der Waals surface area contributed by atoms with Gasteiger partial charge in [-0.05, 0) is 32.7 Å². The molecule has 2 rings (SSSR count). The molecule has 1 aliphatic rings. The molecule has 19 heavy (non-hydrogen) atoms. The van der Waals surface area contributed by atoms with Gasteiger partial charge in [0.25, 0.3) is 0 Å². The predicted octanol–water partition coefficient (Wildman–Crippen LogP) is 3.19. The molecule has 0 aliphatic carbocycles. The van der Waals surface area contributed by atoms with Gasteiger partial charge in [0.1, 0.15) is 5.69 Å². The third-order valence-corrected chi connectivity index (χ3v) is 3.30. The summed E-state index contributed by atoms with van der Waals surface area (Å²) in [5.74, 6) is -5.56. The van der Waals surface area contributed by atoms with Gasteiger partial charge < -0.3 is 10.6 Å². The minimum atomic E-state index is -1.40. The van der Waals surface area contributed by atoms with E-state index in [2.05, 4.69) is 10.6 Å². The fourth-order valence-corrected chi connectivity index (χ4v) is 2.39. The Bertz CT molecular complexity index is 432. The van der Waals surface area contributed by atoms with Crippen LogP contribution in [0.3, 0.4) is 0 Å². The van der Waals surface area contributed by atoms with Gasteiger partial charge in [-0.2, -0.15) is 0 Å². The standard InChI is InChI=1S/C13H16F4N2/c1-7(5-8-3-2-4-18-8)19-13-11(16)9(14)6-10(15)12(13)17/h6-8,18-19H,2-5H2,1H3. The van der Waals surface area contributed by atoms with Crippen LogP contribution in [0.1, 0.15) is 26.2 Å². The number of benzene rings is 1. The molecule has 2 nitrogen and oxygen atoms in total. The van der Waals surface area contributed by atoms with E-state index < -0.39 is 29.0 Å². The SMILES string of the molecule is CC(CC1CCCN1)Nc1c(F)c(F)cc(F)c1F. The highest BCUT2D eigenvalue weighted by Gasteiger charge is 2.22. The number of hydrogen-bond donors (Lipinski definition) is 2. The maximum atomic E-state index is 13.5. The van der Waals surface area contributed by atoms with Crippen LogP contribution < -0.4 is 10.6 Å². The first-order chi connectivity index (χ1) is 8.99. The van der Waals surface area contributed by atoms with E-state index in [4.69, 9.17) is 0 Å². The average Bonchev–Trinajstić information content (AvgIpc) is 2.85. The van der Waals surface area contributed by atoms with Crippen LogP contribution in [0.15, 0.2) is 6.07 Å². The lowest BCUT2D eigenvalue weighted by molar-refractivity contribution is 0.453. The van der Waals surface area contributed by atoms with Gasteiger partial charge in [-0.15, -0.1) is 0 Å². The van der Waals surface area contributed by atoms with Crippen LogP contribution in [-0.2, 0) is 0 Å². The quantitative estimate of drug-likeness (QED) is 0.652. The molecule has 106 valence electrons. The van der Waals surface area contributed by atoms with Crippen molar-refractivity contribution < 1.29 is 17.6 Å². The van der Waals surface area contributed by atoms with Crippen molar-refractivity contribution >= 4 is 5.69 Å². The van der Waals surface area contributed by atoms with Crippen molar-refractivity contribution in [2.75, 3.05) is 11.9 Å². The van der Waals surface area contributed by atoms with Crippen molar-refractivity contribution in [3.05, 3.63) is 29.3 Å². The zero-order valence-corrected chi connectivity index (χ0v) is 10.6. The van der Waals surface area contributed by atoms with Crippen LogP contribution in [-0.4, -0.2) is 18.6 Å². The van der Waals surface area contributed by atoms with E-state index in [1.165, 1.54) is 0 Å². The first kappa shape index (κ1) is 14.1. The van der Waals surface area contributed by atoms with Gasteiger partial charge in [-0.1, -0.05) is 0 Å².